The average molecular weight is 374 g/mol. The molecule has 0 saturated heterocycles. The smallest absolute Gasteiger partial charge is 0.271 e. The first-order chi connectivity index (χ1) is 12.5. The minimum Gasteiger partial charge on any atom is -0.495 e. The molecule has 0 atom stereocenters. The zero-order valence-corrected chi connectivity index (χ0v) is 14.5. The van der Waals surface area contributed by atoms with Gasteiger partial charge in [0.1, 0.15) is 10.6 Å². The highest BCUT2D eigenvalue weighted by atomic mass is 32.1. The number of aromatic nitrogens is 2. The van der Waals surface area contributed by atoms with Crippen LogP contribution in [0.1, 0.15) is 6.42 Å². The zero-order chi connectivity index (χ0) is 18.7. The number of methoxy groups -OCH3 is 1. The number of carbonyl (C=O) groups excluding carboxylic acids is 1. The van der Waals surface area contributed by atoms with Gasteiger partial charge in [-0.2, -0.15) is 0 Å². The second-order valence-electron chi connectivity index (χ2n) is 5.32. The molecular weight excluding hydrogens is 360 g/mol. The van der Waals surface area contributed by atoms with Crippen LogP contribution in [0.4, 0.5) is 11.4 Å². The predicted octanol–water partition coefficient (Wildman–Crippen LogP) is 2.40. The fraction of sp³-hybridized carbons (Fsp3) is 0.188. The van der Waals surface area contributed by atoms with Gasteiger partial charge in [0.05, 0.1) is 29.4 Å². The zero-order valence-electron chi connectivity index (χ0n) is 13.7. The number of nitrogens with zero attached hydrogens (tertiary/aromatic N) is 3. The summed E-state index contributed by atoms with van der Waals surface area (Å²) in [5.41, 5.74) is -0.174. The highest BCUT2D eigenvalue weighted by Gasteiger charge is 2.14. The van der Waals surface area contributed by atoms with Crippen molar-refractivity contribution in [1.82, 2.24) is 9.55 Å². The fourth-order valence-electron chi connectivity index (χ4n) is 2.39. The first-order valence-electron chi connectivity index (χ1n) is 7.54. The van der Waals surface area contributed by atoms with Gasteiger partial charge >= 0.3 is 0 Å². The van der Waals surface area contributed by atoms with Crippen molar-refractivity contribution in [3.63, 3.8) is 0 Å². The normalized spacial score (nSPS) is 10.7. The average Bonchev–Trinajstić information content (AvgIpc) is 3.10. The second-order valence-corrected chi connectivity index (χ2v) is 6.22. The molecule has 0 aliphatic rings. The minimum atomic E-state index is -0.559. The van der Waals surface area contributed by atoms with Crippen molar-refractivity contribution < 1.29 is 14.5 Å². The molecule has 2 heterocycles. The number of thiophene rings is 1. The Morgan fingerprint density at radius 3 is 2.96 bits per heavy atom. The van der Waals surface area contributed by atoms with E-state index in [4.69, 9.17) is 4.74 Å². The van der Waals surface area contributed by atoms with Crippen molar-refractivity contribution in [2.24, 2.45) is 0 Å². The molecule has 1 N–H and O–H groups in total. The van der Waals surface area contributed by atoms with Crippen LogP contribution < -0.4 is 15.6 Å². The number of nitrogens with one attached hydrogen (secondary N) is 1. The van der Waals surface area contributed by atoms with Crippen LogP contribution in [-0.4, -0.2) is 27.5 Å². The molecule has 3 rings (SSSR count). The van der Waals surface area contributed by atoms with Crippen molar-refractivity contribution in [3.05, 3.63) is 56.4 Å². The maximum absolute atomic E-state index is 12.3. The number of hydrogen-bond acceptors (Lipinski definition) is 7. The molecule has 0 fully saturated rings. The molecule has 0 saturated carbocycles. The molecule has 134 valence electrons. The van der Waals surface area contributed by atoms with Crippen molar-refractivity contribution in [2.45, 2.75) is 13.0 Å². The summed E-state index contributed by atoms with van der Waals surface area (Å²) in [7, 11) is 1.40. The van der Waals surface area contributed by atoms with E-state index in [9.17, 15) is 19.7 Å². The van der Waals surface area contributed by atoms with E-state index >= 15 is 0 Å². The molecular formula is C16H14N4O5S. The number of nitro benzene ring substituents is 1. The molecule has 26 heavy (non-hydrogen) atoms. The summed E-state index contributed by atoms with van der Waals surface area (Å²) in [6.07, 6.45) is 1.41. The number of carbonyl (C=O) groups is 1. The van der Waals surface area contributed by atoms with Crippen molar-refractivity contribution in [1.29, 1.82) is 0 Å². The van der Waals surface area contributed by atoms with E-state index in [1.807, 2.05) is 0 Å². The molecule has 9 nitrogen and oxygen atoms in total. The lowest BCUT2D eigenvalue weighted by molar-refractivity contribution is -0.384. The van der Waals surface area contributed by atoms with E-state index in [2.05, 4.69) is 10.3 Å². The van der Waals surface area contributed by atoms with Crippen LogP contribution in [0.15, 0.2) is 40.8 Å². The molecule has 3 aromatic rings. The molecule has 0 spiro atoms. The number of benzene rings is 1. The summed E-state index contributed by atoms with van der Waals surface area (Å²) in [5.74, 6) is -0.0939. The number of fused-ring (bicyclic) bond motifs is 1. The van der Waals surface area contributed by atoms with Gasteiger partial charge in [-0.05, 0) is 17.5 Å². The maximum atomic E-state index is 12.3. The number of hydrogen-bond donors (Lipinski definition) is 1. The van der Waals surface area contributed by atoms with E-state index in [1.54, 1.807) is 11.4 Å². The lowest BCUT2D eigenvalue weighted by atomic mass is 10.2. The molecule has 10 heteroatoms. The van der Waals surface area contributed by atoms with Crippen LogP contribution in [0.3, 0.4) is 0 Å². The first-order valence-corrected chi connectivity index (χ1v) is 8.42. The van der Waals surface area contributed by atoms with Gasteiger partial charge in [0.2, 0.25) is 5.91 Å². The molecule has 0 aliphatic carbocycles. The summed E-state index contributed by atoms with van der Waals surface area (Å²) < 4.78 is 6.46. The SMILES string of the molecule is COc1ccc([N+](=O)[O-])cc1NC(=O)CCn1cnc2sccc2c1=O. The number of rotatable bonds is 6. The van der Waals surface area contributed by atoms with Crippen LogP contribution in [0.25, 0.3) is 10.2 Å². The summed E-state index contributed by atoms with van der Waals surface area (Å²) in [6.45, 7) is 0.140. The predicted molar refractivity (Wildman–Crippen MR) is 96.8 cm³/mol. The Kier molecular flexibility index (Phi) is 4.94. The van der Waals surface area contributed by atoms with Gasteiger partial charge in [-0.3, -0.25) is 24.3 Å². The van der Waals surface area contributed by atoms with Gasteiger partial charge < -0.3 is 10.1 Å². The third kappa shape index (κ3) is 3.54. The summed E-state index contributed by atoms with van der Waals surface area (Å²) in [4.78, 5) is 39.6. The van der Waals surface area contributed by atoms with Crippen molar-refractivity contribution in [3.8, 4) is 5.75 Å². The number of nitro groups is 1. The van der Waals surface area contributed by atoms with Gasteiger partial charge in [-0.15, -0.1) is 11.3 Å². The van der Waals surface area contributed by atoms with E-state index in [-0.39, 0.29) is 29.9 Å². The Hall–Kier alpha value is -3.27. The number of ether oxygens (including phenoxy) is 1. The van der Waals surface area contributed by atoms with Crippen LogP contribution >= 0.6 is 11.3 Å². The molecule has 0 bridgehead atoms. The van der Waals surface area contributed by atoms with Gasteiger partial charge in [0.25, 0.3) is 11.2 Å². The van der Waals surface area contributed by atoms with Crippen molar-refractivity contribution in [2.75, 3.05) is 12.4 Å². The van der Waals surface area contributed by atoms with E-state index in [1.165, 1.54) is 47.5 Å². The topological polar surface area (TPSA) is 116 Å². The lowest BCUT2D eigenvalue weighted by Crippen LogP contribution is -2.23. The lowest BCUT2D eigenvalue weighted by Gasteiger charge is -2.10. The Morgan fingerprint density at radius 1 is 1.42 bits per heavy atom. The monoisotopic (exact) mass is 374 g/mol. The molecule has 2 aromatic heterocycles. The minimum absolute atomic E-state index is 0.00305. The Labute approximate surface area is 151 Å². The highest BCUT2D eigenvalue weighted by molar-refractivity contribution is 7.16. The molecule has 0 aliphatic heterocycles. The standard InChI is InChI=1S/C16H14N4O5S/c1-25-13-3-2-10(20(23)24)8-12(13)18-14(21)4-6-19-9-17-15-11(16(19)22)5-7-26-15/h2-3,5,7-9H,4,6H2,1H3,(H,18,21). The van der Waals surface area contributed by atoms with Crippen LogP contribution in [0.5, 0.6) is 5.75 Å². The summed E-state index contributed by atoms with van der Waals surface area (Å²) in [5, 5.41) is 15.8. The quantitative estimate of drug-likeness (QED) is 0.523. The first kappa shape index (κ1) is 17.5. The highest BCUT2D eigenvalue weighted by Crippen LogP contribution is 2.28. The van der Waals surface area contributed by atoms with Crippen LogP contribution in [-0.2, 0) is 11.3 Å². The number of aryl methyl sites for hydroxylation is 1. The molecule has 1 amide bonds. The van der Waals surface area contributed by atoms with E-state index in [0.717, 1.165) is 0 Å². The van der Waals surface area contributed by atoms with Gasteiger partial charge in [0, 0.05) is 25.1 Å². The van der Waals surface area contributed by atoms with Gasteiger partial charge in [-0.25, -0.2) is 4.98 Å². The van der Waals surface area contributed by atoms with Gasteiger partial charge in [-0.1, -0.05) is 0 Å². The number of anilines is 1. The third-order valence-electron chi connectivity index (χ3n) is 3.70. The van der Waals surface area contributed by atoms with Crippen LogP contribution in [0.2, 0.25) is 0 Å². The number of amides is 1. The van der Waals surface area contributed by atoms with Crippen LogP contribution in [0, 0.1) is 10.1 Å². The summed E-state index contributed by atoms with van der Waals surface area (Å²) in [6, 6.07) is 5.62. The largest absolute Gasteiger partial charge is 0.495 e. The Balaban J connectivity index is 1.72. The maximum Gasteiger partial charge on any atom is 0.271 e. The van der Waals surface area contributed by atoms with E-state index < -0.39 is 10.8 Å². The Bertz CT molecular complexity index is 1040. The van der Waals surface area contributed by atoms with Crippen molar-refractivity contribution >= 4 is 38.8 Å². The fourth-order valence-corrected chi connectivity index (χ4v) is 3.12. The van der Waals surface area contributed by atoms with E-state index in [0.29, 0.717) is 16.0 Å². The summed E-state index contributed by atoms with van der Waals surface area (Å²) >= 11 is 1.37. The third-order valence-corrected chi connectivity index (χ3v) is 4.52. The number of non-ortho nitro benzene ring substituents is 1. The molecule has 0 radical (unpaired) electrons. The second kappa shape index (κ2) is 7.31. The Morgan fingerprint density at radius 2 is 2.23 bits per heavy atom. The molecule has 0 unspecified atom stereocenters. The molecule has 1 aromatic carbocycles. The van der Waals surface area contributed by atoms with Gasteiger partial charge in [0.15, 0.2) is 0 Å².